The van der Waals surface area contributed by atoms with Crippen molar-refractivity contribution >= 4 is 23.6 Å². The molecule has 2 aromatic carbocycles. The number of rotatable bonds is 5. The van der Waals surface area contributed by atoms with Gasteiger partial charge in [0.15, 0.2) is 0 Å². The summed E-state index contributed by atoms with van der Waals surface area (Å²) in [5.74, 6) is -2.28. The van der Waals surface area contributed by atoms with Crippen LogP contribution in [0.4, 0.5) is 10.5 Å². The van der Waals surface area contributed by atoms with Gasteiger partial charge in [-0.3, -0.25) is 9.59 Å². The normalized spacial score (nSPS) is 19.9. The molecule has 0 heterocycles. The predicted octanol–water partition coefficient (Wildman–Crippen LogP) is 2.40. The van der Waals surface area contributed by atoms with Crippen LogP contribution >= 0.6 is 0 Å². The van der Waals surface area contributed by atoms with Gasteiger partial charge in [-0.2, -0.15) is 0 Å². The number of carboxylic acid groups (broad SMARTS) is 1. The molecule has 1 saturated carbocycles. The van der Waals surface area contributed by atoms with E-state index in [0.29, 0.717) is 22.4 Å². The molecule has 0 aromatic heterocycles. The molecule has 0 radical (unpaired) electrons. The summed E-state index contributed by atoms with van der Waals surface area (Å²) >= 11 is 0. The van der Waals surface area contributed by atoms with Crippen molar-refractivity contribution in [2.24, 2.45) is 5.92 Å². The van der Waals surface area contributed by atoms with Crippen molar-refractivity contribution in [3.05, 3.63) is 59.2 Å². The van der Waals surface area contributed by atoms with Crippen molar-refractivity contribution in [2.45, 2.75) is 31.3 Å². The van der Waals surface area contributed by atoms with E-state index in [9.17, 15) is 24.6 Å². The molecule has 4 rings (SSSR count). The van der Waals surface area contributed by atoms with Crippen molar-refractivity contribution < 1.29 is 24.6 Å². The molecule has 0 bridgehead atoms. The summed E-state index contributed by atoms with van der Waals surface area (Å²) in [4.78, 5) is 36.1. The van der Waals surface area contributed by atoms with Crippen LogP contribution in [0.5, 0.6) is 5.75 Å². The number of phenols is 1. The molecule has 0 aliphatic heterocycles. The second kappa shape index (κ2) is 7.46. The minimum Gasteiger partial charge on any atom is -0.508 e. The van der Waals surface area contributed by atoms with Crippen LogP contribution in [0.2, 0.25) is 0 Å². The topological polar surface area (TPSA) is 128 Å². The lowest BCUT2D eigenvalue weighted by atomic mass is 10.00. The lowest BCUT2D eigenvalue weighted by molar-refractivity contribution is -0.142. The second-order valence-electron chi connectivity index (χ2n) is 7.39. The summed E-state index contributed by atoms with van der Waals surface area (Å²) in [7, 11) is 0. The number of hydrogen-bond acceptors (Lipinski definition) is 4. The third-order valence-electron chi connectivity index (χ3n) is 5.27. The van der Waals surface area contributed by atoms with Crippen LogP contribution in [-0.2, 0) is 11.2 Å². The van der Waals surface area contributed by atoms with Gasteiger partial charge in [0.25, 0.3) is 5.91 Å². The average Bonchev–Trinajstić information content (AvgIpc) is 3.41. The first-order valence-electron chi connectivity index (χ1n) is 9.44. The van der Waals surface area contributed by atoms with Crippen molar-refractivity contribution in [1.82, 2.24) is 10.6 Å². The summed E-state index contributed by atoms with van der Waals surface area (Å²) in [6.45, 7) is 0. The molecule has 0 saturated heterocycles. The van der Waals surface area contributed by atoms with E-state index in [-0.39, 0.29) is 24.2 Å². The maximum atomic E-state index is 12.7. The number of benzene rings is 2. The first-order valence-corrected chi connectivity index (χ1v) is 9.44. The molecular formula is C21H21N3O5. The van der Waals surface area contributed by atoms with E-state index in [1.807, 2.05) is 0 Å². The highest BCUT2D eigenvalue weighted by Crippen LogP contribution is 2.40. The van der Waals surface area contributed by atoms with Crippen molar-refractivity contribution in [1.29, 1.82) is 0 Å². The van der Waals surface area contributed by atoms with Gasteiger partial charge in [-0.25, -0.2) is 4.79 Å². The molecule has 3 amide bonds. The summed E-state index contributed by atoms with van der Waals surface area (Å²) < 4.78 is 0. The Morgan fingerprint density at radius 2 is 1.69 bits per heavy atom. The van der Waals surface area contributed by atoms with Crippen LogP contribution in [0.1, 0.15) is 40.4 Å². The van der Waals surface area contributed by atoms with Crippen LogP contribution in [0, 0.1) is 5.92 Å². The lowest BCUT2D eigenvalue weighted by Crippen LogP contribution is -2.34. The van der Waals surface area contributed by atoms with Gasteiger partial charge in [0.1, 0.15) is 5.75 Å². The predicted molar refractivity (Wildman–Crippen MR) is 105 cm³/mol. The molecule has 8 nitrogen and oxygen atoms in total. The highest BCUT2D eigenvalue weighted by molar-refractivity contribution is 5.96. The molecule has 0 unspecified atom stereocenters. The number of aromatic hydroxyl groups is 1. The molecule has 2 aliphatic carbocycles. The van der Waals surface area contributed by atoms with E-state index in [2.05, 4.69) is 16.0 Å². The van der Waals surface area contributed by atoms with Gasteiger partial charge in [-0.15, -0.1) is 0 Å². The molecule has 150 valence electrons. The molecule has 29 heavy (non-hydrogen) atoms. The fourth-order valence-corrected chi connectivity index (χ4v) is 3.58. The third-order valence-corrected chi connectivity index (χ3v) is 5.27. The highest BCUT2D eigenvalue weighted by atomic mass is 16.4. The standard InChI is InChI=1S/C21H21N3O5/c25-17-3-1-2-14-15(17)10-16(20(27)28)18(14)24-19(26)11-4-6-12(7-5-11)22-21(29)23-13-8-9-13/h1-7,13,16,18,25H,8-10H2,(H,24,26)(H,27,28)(H2,22,23,29)/t16-,18-/m1/s1. The zero-order valence-electron chi connectivity index (χ0n) is 15.5. The molecule has 2 atom stereocenters. The van der Waals surface area contributed by atoms with Crippen molar-refractivity contribution in [3.8, 4) is 5.75 Å². The van der Waals surface area contributed by atoms with E-state index >= 15 is 0 Å². The van der Waals surface area contributed by atoms with E-state index in [1.54, 1.807) is 36.4 Å². The molecular weight excluding hydrogens is 374 g/mol. The zero-order chi connectivity index (χ0) is 20.5. The van der Waals surface area contributed by atoms with Crippen LogP contribution in [0.25, 0.3) is 0 Å². The minimum absolute atomic E-state index is 0.0328. The number of nitrogens with one attached hydrogen (secondary N) is 3. The van der Waals surface area contributed by atoms with E-state index in [4.69, 9.17) is 0 Å². The second-order valence-corrected chi connectivity index (χ2v) is 7.39. The smallest absolute Gasteiger partial charge is 0.319 e. The van der Waals surface area contributed by atoms with Crippen molar-refractivity contribution in [3.63, 3.8) is 0 Å². The Morgan fingerprint density at radius 3 is 2.34 bits per heavy atom. The van der Waals surface area contributed by atoms with Gasteiger partial charge < -0.3 is 26.2 Å². The number of carboxylic acids is 1. The third kappa shape index (κ3) is 4.01. The Kier molecular flexibility index (Phi) is 4.84. The fraction of sp³-hybridized carbons (Fsp3) is 0.286. The summed E-state index contributed by atoms with van der Waals surface area (Å²) in [6.07, 6.45) is 2.14. The average molecular weight is 395 g/mol. The number of aliphatic carboxylic acids is 1. The number of hydrogen-bond donors (Lipinski definition) is 5. The Bertz CT molecular complexity index is 969. The minimum atomic E-state index is -1.04. The fourth-order valence-electron chi connectivity index (χ4n) is 3.58. The Hall–Kier alpha value is -3.55. The molecule has 2 aliphatic rings. The summed E-state index contributed by atoms with van der Waals surface area (Å²) in [6, 6.07) is 10.4. The molecule has 8 heteroatoms. The Labute approximate surface area is 166 Å². The summed E-state index contributed by atoms with van der Waals surface area (Å²) in [5, 5.41) is 27.8. The van der Waals surface area contributed by atoms with Crippen LogP contribution in [0.15, 0.2) is 42.5 Å². The lowest BCUT2D eigenvalue weighted by Gasteiger charge is -2.19. The van der Waals surface area contributed by atoms with Crippen LogP contribution in [-0.4, -0.2) is 34.2 Å². The molecule has 2 aromatic rings. The molecule has 1 fully saturated rings. The number of carbonyl (C=O) groups excluding carboxylic acids is 2. The van der Waals surface area contributed by atoms with Gasteiger partial charge in [0, 0.05) is 22.9 Å². The van der Waals surface area contributed by atoms with Crippen LogP contribution < -0.4 is 16.0 Å². The van der Waals surface area contributed by atoms with Gasteiger partial charge in [-0.1, -0.05) is 12.1 Å². The van der Waals surface area contributed by atoms with E-state index in [0.717, 1.165) is 12.8 Å². The van der Waals surface area contributed by atoms with E-state index < -0.39 is 23.8 Å². The quantitative estimate of drug-likeness (QED) is 0.531. The van der Waals surface area contributed by atoms with Crippen LogP contribution in [0.3, 0.4) is 0 Å². The SMILES string of the molecule is O=C(Nc1ccc(C(=O)N[C@@H]2c3cccc(O)c3C[C@H]2C(=O)O)cc1)NC1CC1. The number of fused-ring (bicyclic) bond motifs is 1. The van der Waals surface area contributed by atoms with Gasteiger partial charge in [-0.05, 0) is 55.2 Å². The maximum Gasteiger partial charge on any atom is 0.319 e. The number of carbonyl (C=O) groups is 3. The first kappa shape index (κ1) is 18.8. The first-order chi connectivity index (χ1) is 13.9. The number of amides is 3. The van der Waals surface area contributed by atoms with Gasteiger partial charge in [0.05, 0.1) is 12.0 Å². The number of phenolic OH excluding ortho intramolecular Hbond substituents is 1. The Balaban J connectivity index is 1.46. The highest BCUT2D eigenvalue weighted by Gasteiger charge is 2.39. The molecule has 0 spiro atoms. The number of anilines is 1. The Morgan fingerprint density at radius 1 is 0.966 bits per heavy atom. The maximum absolute atomic E-state index is 12.7. The monoisotopic (exact) mass is 395 g/mol. The van der Waals surface area contributed by atoms with Gasteiger partial charge >= 0.3 is 12.0 Å². The zero-order valence-corrected chi connectivity index (χ0v) is 15.5. The summed E-state index contributed by atoms with van der Waals surface area (Å²) in [5.41, 5.74) is 2.06. The van der Waals surface area contributed by atoms with E-state index in [1.165, 1.54) is 6.07 Å². The largest absolute Gasteiger partial charge is 0.508 e. The van der Waals surface area contributed by atoms with Gasteiger partial charge in [0.2, 0.25) is 0 Å². The van der Waals surface area contributed by atoms with Crippen molar-refractivity contribution in [2.75, 3.05) is 5.32 Å². The number of urea groups is 1. The molecule has 5 N–H and O–H groups in total.